The molecule has 0 heterocycles. The fourth-order valence-electron chi connectivity index (χ4n) is 2.12. The molecule has 4 nitrogen and oxygen atoms in total. The second kappa shape index (κ2) is 6.91. The van der Waals surface area contributed by atoms with Gasteiger partial charge in [-0.05, 0) is 43.7 Å². The summed E-state index contributed by atoms with van der Waals surface area (Å²) in [5, 5.41) is 2.61. The third-order valence-electron chi connectivity index (χ3n) is 3.45. The van der Waals surface area contributed by atoms with Gasteiger partial charge in [0.2, 0.25) is 5.91 Å². The molecule has 0 bridgehead atoms. The first kappa shape index (κ1) is 17.1. The number of rotatable bonds is 5. The zero-order chi connectivity index (χ0) is 17.0. The fraction of sp³-hybridized carbons (Fsp3) is 0.235. The first-order chi connectivity index (χ1) is 10.8. The Hall–Kier alpha value is -2.21. The molecule has 0 aliphatic heterocycles. The second-order valence-electron chi connectivity index (χ2n) is 5.41. The highest BCUT2D eigenvalue weighted by Gasteiger charge is 2.20. The van der Waals surface area contributed by atoms with Gasteiger partial charge in [0, 0.05) is 0 Å². The van der Waals surface area contributed by atoms with Crippen LogP contribution in [0.5, 0.6) is 0 Å². The van der Waals surface area contributed by atoms with Crippen molar-refractivity contribution in [3.8, 4) is 0 Å². The lowest BCUT2D eigenvalue weighted by molar-refractivity contribution is -0.119. The number of carbonyl (C=O) groups excluding carboxylic acids is 1. The molecule has 0 aromatic heterocycles. The van der Waals surface area contributed by atoms with Crippen LogP contribution in [0.1, 0.15) is 24.1 Å². The summed E-state index contributed by atoms with van der Waals surface area (Å²) >= 11 is 0. The van der Waals surface area contributed by atoms with E-state index in [-0.39, 0.29) is 10.7 Å². The zero-order valence-corrected chi connectivity index (χ0v) is 13.7. The van der Waals surface area contributed by atoms with Crippen molar-refractivity contribution in [2.24, 2.45) is 0 Å². The van der Waals surface area contributed by atoms with Crippen LogP contribution in [0.15, 0.2) is 53.4 Å². The van der Waals surface area contributed by atoms with Crippen molar-refractivity contribution in [1.82, 2.24) is 5.32 Å². The summed E-state index contributed by atoms with van der Waals surface area (Å²) in [5.41, 5.74) is 1.64. The van der Waals surface area contributed by atoms with Gasteiger partial charge in [0.1, 0.15) is 11.6 Å². The predicted octanol–water partition coefficient (Wildman–Crippen LogP) is 2.79. The van der Waals surface area contributed by atoms with Crippen molar-refractivity contribution in [2.75, 3.05) is 5.75 Å². The summed E-state index contributed by atoms with van der Waals surface area (Å²) in [5.74, 6) is -1.58. The summed E-state index contributed by atoms with van der Waals surface area (Å²) in [6.07, 6.45) is 0. The van der Waals surface area contributed by atoms with Crippen LogP contribution in [0.4, 0.5) is 4.39 Å². The van der Waals surface area contributed by atoms with Gasteiger partial charge in [-0.3, -0.25) is 4.79 Å². The predicted molar refractivity (Wildman–Crippen MR) is 86.2 cm³/mol. The van der Waals surface area contributed by atoms with Crippen molar-refractivity contribution >= 4 is 15.7 Å². The van der Waals surface area contributed by atoms with E-state index in [4.69, 9.17) is 0 Å². The van der Waals surface area contributed by atoms with Gasteiger partial charge in [-0.1, -0.05) is 29.8 Å². The summed E-state index contributed by atoms with van der Waals surface area (Å²) in [4.78, 5) is 12.1. The van der Waals surface area contributed by atoms with Gasteiger partial charge < -0.3 is 5.32 Å². The minimum Gasteiger partial charge on any atom is -0.349 e. The molecule has 0 saturated carbocycles. The van der Waals surface area contributed by atoms with E-state index < -0.39 is 27.5 Å². The molecule has 2 aromatic carbocycles. The van der Waals surface area contributed by atoms with Crippen molar-refractivity contribution in [2.45, 2.75) is 24.8 Å². The molecule has 122 valence electrons. The molecular formula is C17H18FNO3S. The Bertz CT molecular complexity index is 784. The SMILES string of the molecule is Cc1ccc(S(=O)(=O)CC(=O)NC(C)c2ccc(F)cc2)cc1. The maximum Gasteiger partial charge on any atom is 0.236 e. The Labute approximate surface area is 135 Å². The number of benzene rings is 2. The molecule has 0 saturated heterocycles. The van der Waals surface area contributed by atoms with E-state index in [1.807, 2.05) is 6.92 Å². The van der Waals surface area contributed by atoms with Crippen molar-refractivity contribution < 1.29 is 17.6 Å². The monoisotopic (exact) mass is 335 g/mol. The van der Waals surface area contributed by atoms with Gasteiger partial charge in [0.05, 0.1) is 10.9 Å². The molecule has 2 rings (SSSR count). The molecule has 1 unspecified atom stereocenters. The van der Waals surface area contributed by atoms with E-state index in [1.165, 1.54) is 24.3 Å². The number of sulfone groups is 1. The quantitative estimate of drug-likeness (QED) is 0.914. The fourth-order valence-corrected chi connectivity index (χ4v) is 3.27. The third kappa shape index (κ3) is 4.63. The summed E-state index contributed by atoms with van der Waals surface area (Å²) < 4.78 is 37.3. The van der Waals surface area contributed by atoms with Crippen LogP contribution in [-0.2, 0) is 14.6 Å². The minimum atomic E-state index is -3.68. The molecule has 23 heavy (non-hydrogen) atoms. The average Bonchev–Trinajstić information content (AvgIpc) is 2.47. The number of carbonyl (C=O) groups is 1. The lowest BCUT2D eigenvalue weighted by Crippen LogP contribution is -2.32. The summed E-state index contributed by atoms with van der Waals surface area (Å²) in [7, 11) is -3.68. The summed E-state index contributed by atoms with van der Waals surface area (Å²) in [6.45, 7) is 3.57. The average molecular weight is 335 g/mol. The smallest absolute Gasteiger partial charge is 0.236 e. The van der Waals surface area contributed by atoms with Crippen LogP contribution in [-0.4, -0.2) is 20.1 Å². The molecule has 2 aromatic rings. The van der Waals surface area contributed by atoms with E-state index >= 15 is 0 Å². The first-order valence-corrected chi connectivity index (χ1v) is 8.77. The van der Waals surface area contributed by atoms with E-state index in [2.05, 4.69) is 5.32 Å². The van der Waals surface area contributed by atoms with E-state index in [0.717, 1.165) is 5.56 Å². The highest BCUT2D eigenvalue weighted by Crippen LogP contribution is 2.15. The highest BCUT2D eigenvalue weighted by atomic mass is 32.2. The topological polar surface area (TPSA) is 63.2 Å². The number of amides is 1. The van der Waals surface area contributed by atoms with E-state index in [0.29, 0.717) is 5.56 Å². The Balaban J connectivity index is 2.03. The maximum atomic E-state index is 12.9. The molecule has 1 amide bonds. The molecule has 6 heteroatoms. The van der Waals surface area contributed by atoms with Gasteiger partial charge >= 0.3 is 0 Å². The second-order valence-corrected chi connectivity index (χ2v) is 7.40. The molecular weight excluding hydrogens is 317 g/mol. The van der Waals surface area contributed by atoms with Gasteiger partial charge in [-0.2, -0.15) is 0 Å². The van der Waals surface area contributed by atoms with Crippen LogP contribution >= 0.6 is 0 Å². The van der Waals surface area contributed by atoms with E-state index in [1.54, 1.807) is 31.2 Å². The van der Waals surface area contributed by atoms with Gasteiger partial charge in [0.25, 0.3) is 0 Å². The Kier molecular flexibility index (Phi) is 5.15. The minimum absolute atomic E-state index is 0.118. The molecule has 0 fully saturated rings. The van der Waals surface area contributed by atoms with Crippen molar-refractivity contribution in [3.63, 3.8) is 0 Å². The molecule has 0 radical (unpaired) electrons. The molecule has 1 atom stereocenters. The van der Waals surface area contributed by atoms with Crippen molar-refractivity contribution in [3.05, 3.63) is 65.5 Å². The molecule has 1 N–H and O–H groups in total. The number of nitrogens with one attached hydrogen (secondary N) is 1. The standard InChI is InChI=1S/C17H18FNO3S/c1-12-3-9-16(10-4-12)23(21,22)11-17(20)19-13(2)14-5-7-15(18)8-6-14/h3-10,13H,11H2,1-2H3,(H,19,20). The highest BCUT2D eigenvalue weighted by molar-refractivity contribution is 7.92. The molecule has 0 aliphatic carbocycles. The number of aryl methyl sites for hydroxylation is 1. The third-order valence-corrected chi connectivity index (χ3v) is 5.08. The Morgan fingerprint density at radius 2 is 1.65 bits per heavy atom. The van der Waals surface area contributed by atoms with Gasteiger partial charge in [-0.15, -0.1) is 0 Å². The van der Waals surface area contributed by atoms with Gasteiger partial charge in [-0.25, -0.2) is 12.8 Å². The van der Waals surface area contributed by atoms with Crippen LogP contribution in [0.3, 0.4) is 0 Å². The zero-order valence-electron chi connectivity index (χ0n) is 12.9. The Morgan fingerprint density at radius 1 is 1.09 bits per heavy atom. The molecule has 0 spiro atoms. The van der Waals surface area contributed by atoms with Crippen LogP contribution in [0.25, 0.3) is 0 Å². The van der Waals surface area contributed by atoms with Crippen LogP contribution in [0.2, 0.25) is 0 Å². The number of halogens is 1. The maximum absolute atomic E-state index is 12.9. The Morgan fingerprint density at radius 3 is 2.22 bits per heavy atom. The summed E-state index contributed by atoms with van der Waals surface area (Å²) in [6, 6.07) is 11.6. The van der Waals surface area contributed by atoms with Crippen LogP contribution in [0, 0.1) is 12.7 Å². The van der Waals surface area contributed by atoms with Crippen LogP contribution < -0.4 is 5.32 Å². The van der Waals surface area contributed by atoms with Gasteiger partial charge in [0.15, 0.2) is 9.84 Å². The first-order valence-electron chi connectivity index (χ1n) is 7.12. The number of hydrogen-bond acceptors (Lipinski definition) is 3. The lowest BCUT2D eigenvalue weighted by atomic mass is 10.1. The van der Waals surface area contributed by atoms with E-state index in [9.17, 15) is 17.6 Å². The lowest BCUT2D eigenvalue weighted by Gasteiger charge is -2.14. The number of hydrogen-bond donors (Lipinski definition) is 1. The normalized spacial score (nSPS) is 12.7. The molecule has 0 aliphatic rings. The largest absolute Gasteiger partial charge is 0.349 e. The van der Waals surface area contributed by atoms with Crippen molar-refractivity contribution in [1.29, 1.82) is 0 Å².